The van der Waals surface area contributed by atoms with Crippen molar-refractivity contribution in [2.45, 2.75) is 18.6 Å². The fourth-order valence-corrected chi connectivity index (χ4v) is 1.51. The third-order valence-corrected chi connectivity index (χ3v) is 3.82. The van der Waals surface area contributed by atoms with Gasteiger partial charge >= 0.3 is 0 Å². The fraction of sp³-hybridized carbons (Fsp3) is 0.455. The van der Waals surface area contributed by atoms with Crippen LogP contribution in [0.4, 0.5) is 17.1 Å². The summed E-state index contributed by atoms with van der Waals surface area (Å²) in [6.07, 6.45) is 2.03. The number of benzene rings is 1. The van der Waals surface area contributed by atoms with Gasteiger partial charge < -0.3 is 10.7 Å². The molecule has 0 atom stereocenters. The first-order chi connectivity index (χ1) is 8.38. The van der Waals surface area contributed by atoms with E-state index >= 15 is 0 Å². The van der Waals surface area contributed by atoms with Crippen LogP contribution in [0.25, 0.3) is 0 Å². The molecule has 0 spiro atoms. The highest BCUT2D eigenvalue weighted by Crippen LogP contribution is 2.26. The molecular weight excluding hydrogens is 252 g/mol. The maximum atomic E-state index is 10.8. The minimum atomic E-state index is -0.439. The number of hydrogen-bond donors (Lipinski definition) is 3. The van der Waals surface area contributed by atoms with Gasteiger partial charge in [-0.15, -0.1) is 0 Å². The van der Waals surface area contributed by atoms with Gasteiger partial charge in [-0.1, -0.05) is 0 Å². The fourth-order valence-electron chi connectivity index (χ4n) is 1.29. The van der Waals surface area contributed by atoms with Crippen molar-refractivity contribution in [1.29, 1.82) is 0 Å². The van der Waals surface area contributed by atoms with Crippen LogP contribution >= 0.6 is 11.8 Å². The third kappa shape index (κ3) is 4.08. The summed E-state index contributed by atoms with van der Waals surface area (Å²) in [7, 11) is 0. The topological polar surface area (TPSA) is 93.2 Å². The maximum Gasteiger partial charge on any atom is 0.273 e. The second-order valence-electron chi connectivity index (χ2n) is 4.49. The Morgan fingerprint density at radius 2 is 2.00 bits per heavy atom. The summed E-state index contributed by atoms with van der Waals surface area (Å²) in [5.74, 6) is 5.29. The molecule has 7 heteroatoms. The number of hydrazine groups is 1. The first-order valence-electron chi connectivity index (χ1n) is 5.43. The average Bonchev–Trinajstić information content (AvgIpc) is 2.36. The number of thioether (sulfide) groups is 1. The Morgan fingerprint density at radius 3 is 2.50 bits per heavy atom. The first-order valence-corrected chi connectivity index (χ1v) is 6.65. The summed E-state index contributed by atoms with van der Waals surface area (Å²) in [6.45, 7) is 4.91. The first kappa shape index (κ1) is 14.6. The summed E-state index contributed by atoms with van der Waals surface area (Å²) in [5, 5.41) is 14.0. The Hall–Kier alpha value is -1.47. The Bertz CT molecular complexity index is 437. The predicted octanol–water partition coefficient (Wildman–Crippen LogP) is 2.43. The molecule has 0 radical (unpaired) electrons. The zero-order valence-corrected chi connectivity index (χ0v) is 11.5. The molecule has 1 aromatic carbocycles. The van der Waals surface area contributed by atoms with Crippen LogP contribution in [0.2, 0.25) is 0 Å². The zero-order chi connectivity index (χ0) is 13.8. The van der Waals surface area contributed by atoms with Gasteiger partial charge in [0.05, 0.1) is 10.6 Å². The van der Waals surface area contributed by atoms with Crippen molar-refractivity contribution in [2.75, 3.05) is 23.5 Å². The second kappa shape index (κ2) is 5.92. The monoisotopic (exact) mass is 270 g/mol. The van der Waals surface area contributed by atoms with Gasteiger partial charge in [0.15, 0.2) is 0 Å². The molecular formula is C11H18N4O2S. The van der Waals surface area contributed by atoms with Crippen LogP contribution in [0.15, 0.2) is 18.2 Å². The van der Waals surface area contributed by atoms with E-state index in [9.17, 15) is 10.1 Å². The smallest absolute Gasteiger partial charge is 0.273 e. The van der Waals surface area contributed by atoms with Crippen molar-refractivity contribution >= 4 is 28.8 Å². The standard InChI is InChI=1S/C11H18N4O2S/c1-11(2,18-3)7-13-8-4-9(14-12)6-10(5-8)15(16)17/h4-6,13-14H,7,12H2,1-3H3. The third-order valence-electron chi connectivity index (χ3n) is 2.57. The minimum Gasteiger partial charge on any atom is -0.383 e. The molecule has 100 valence electrons. The number of hydrogen-bond acceptors (Lipinski definition) is 6. The second-order valence-corrected chi connectivity index (χ2v) is 6.00. The van der Waals surface area contributed by atoms with Crippen molar-refractivity contribution in [3.8, 4) is 0 Å². The summed E-state index contributed by atoms with van der Waals surface area (Å²) in [5.41, 5.74) is 3.62. The molecule has 0 saturated carbocycles. The molecule has 0 aliphatic heterocycles. The summed E-state index contributed by atoms with van der Waals surface area (Å²) in [4.78, 5) is 10.3. The van der Waals surface area contributed by atoms with Crippen molar-refractivity contribution in [2.24, 2.45) is 5.84 Å². The van der Waals surface area contributed by atoms with Crippen LogP contribution in [0.3, 0.4) is 0 Å². The number of nitro groups is 1. The van der Waals surface area contributed by atoms with E-state index in [1.54, 1.807) is 17.8 Å². The van der Waals surface area contributed by atoms with Gasteiger partial charge in [0.2, 0.25) is 0 Å². The highest BCUT2D eigenvalue weighted by Gasteiger charge is 2.16. The van der Waals surface area contributed by atoms with E-state index in [0.29, 0.717) is 17.9 Å². The largest absolute Gasteiger partial charge is 0.383 e. The normalized spacial score (nSPS) is 11.1. The predicted molar refractivity (Wildman–Crippen MR) is 77.0 cm³/mol. The SMILES string of the molecule is CSC(C)(C)CNc1cc(NN)cc([N+](=O)[O-])c1. The quantitative estimate of drug-likeness (QED) is 0.417. The number of rotatable bonds is 6. The van der Waals surface area contributed by atoms with Crippen molar-refractivity contribution in [1.82, 2.24) is 0 Å². The van der Waals surface area contributed by atoms with Crippen molar-refractivity contribution in [3.05, 3.63) is 28.3 Å². The van der Waals surface area contributed by atoms with E-state index in [4.69, 9.17) is 5.84 Å². The molecule has 0 amide bonds. The van der Waals surface area contributed by atoms with Gasteiger partial charge in [-0.05, 0) is 26.2 Å². The maximum absolute atomic E-state index is 10.8. The molecule has 0 heterocycles. The van der Waals surface area contributed by atoms with Crippen LogP contribution in [0.5, 0.6) is 0 Å². The Balaban J connectivity index is 2.88. The van der Waals surface area contributed by atoms with Crippen LogP contribution in [-0.4, -0.2) is 22.5 Å². The molecule has 0 bridgehead atoms. The number of nitrogen functional groups attached to an aromatic ring is 1. The summed E-state index contributed by atoms with van der Waals surface area (Å²) >= 11 is 1.73. The number of non-ortho nitro benzene ring substituents is 1. The molecule has 4 N–H and O–H groups in total. The molecule has 1 aromatic rings. The lowest BCUT2D eigenvalue weighted by Gasteiger charge is -2.23. The number of nitrogens with one attached hydrogen (secondary N) is 2. The average molecular weight is 270 g/mol. The van der Waals surface area contributed by atoms with Crippen molar-refractivity contribution in [3.63, 3.8) is 0 Å². The Labute approximate surface area is 110 Å². The molecule has 0 aromatic heterocycles. The summed E-state index contributed by atoms with van der Waals surface area (Å²) < 4.78 is 0.0565. The number of nitrogens with two attached hydrogens (primary N) is 1. The minimum absolute atomic E-state index is 0.00917. The molecule has 18 heavy (non-hydrogen) atoms. The lowest BCUT2D eigenvalue weighted by molar-refractivity contribution is -0.384. The van der Waals surface area contributed by atoms with E-state index in [1.165, 1.54) is 12.1 Å². The van der Waals surface area contributed by atoms with E-state index in [0.717, 1.165) is 0 Å². The molecule has 0 fully saturated rings. The van der Waals surface area contributed by atoms with Gasteiger partial charge in [-0.3, -0.25) is 16.0 Å². The van der Waals surface area contributed by atoms with Gasteiger partial charge in [0.1, 0.15) is 0 Å². The lowest BCUT2D eigenvalue weighted by Crippen LogP contribution is -2.25. The number of anilines is 2. The van der Waals surface area contributed by atoms with E-state index in [2.05, 4.69) is 24.6 Å². The van der Waals surface area contributed by atoms with E-state index < -0.39 is 4.92 Å². The highest BCUT2D eigenvalue weighted by atomic mass is 32.2. The van der Waals surface area contributed by atoms with Gasteiger partial charge in [-0.2, -0.15) is 11.8 Å². The van der Waals surface area contributed by atoms with Crippen LogP contribution < -0.4 is 16.6 Å². The molecule has 0 aliphatic rings. The van der Waals surface area contributed by atoms with Crippen molar-refractivity contribution < 1.29 is 4.92 Å². The molecule has 0 unspecified atom stereocenters. The summed E-state index contributed by atoms with van der Waals surface area (Å²) in [6, 6.07) is 4.63. The van der Waals surface area contributed by atoms with Gasteiger partial charge in [-0.25, -0.2) is 0 Å². The molecule has 0 saturated heterocycles. The Morgan fingerprint density at radius 1 is 1.39 bits per heavy atom. The number of nitro benzene ring substituents is 1. The molecule has 0 aliphatic carbocycles. The highest BCUT2D eigenvalue weighted by molar-refractivity contribution is 7.99. The lowest BCUT2D eigenvalue weighted by atomic mass is 10.2. The number of nitrogens with zero attached hydrogens (tertiary/aromatic N) is 1. The Kier molecular flexibility index (Phi) is 4.80. The van der Waals surface area contributed by atoms with Gasteiger partial charge in [0, 0.05) is 29.1 Å². The molecule has 1 rings (SSSR count). The molecule has 6 nitrogen and oxygen atoms in total. The van der Waals surface area contributed by atoms with Crippen LogP contribution in [0, 0.1) is 10.1 Å². The van der Waals surface area contributed by atoms with E-state index in [1.807, 2.05) is 6.26 Å². The zero-order valence-electron chi connectivity index (χ0n) is 10.7. The van der Waals surface area contributed by atoms with Crippen LogP contribution in [-0.2, 0) is 0 Å². The van der Waals surface area contributed by atoms with E-state index in [-0.39, 0.29) is 10.4 Å². The van der Waals surface area contributed by atoms with Gasteiger partial charge in [0.25, 0.3) is 5.69 Å². The van der Waals surface area contributed by atoms with Crippen LogP contribution in [0.1, 0.15) is 13.8 Å².